The summed E-state index contributed by atoms with van der Waals surface area (Å²) in [6, 6.07) is 5.19. The normalized spacial score (nSPS) is 13.3. The number of amides is 1. The Kier molecular flexibility index (Phi) is 5.99. The molecule has 0 fully saturated rings. The molecule has 0 saturated carbocycles. The minimum Gasteiger partial charge on any atom is -0.482 e. The van der Waals surface area contributed by atoms with Crippen LogP contribution in [-0.2, 0) is 9.59 Å². The number of carboxylic acids is 1. The maximum atomic E-state index is 11.6. The number of aliphatic hydroxyl groups is 1. The Labute approximate surface area is 127 Å². The van der Waals surface area contributed by atoms with Crippen LogP contribution in [0.2, 0.25) is 5.02 Å². The first-order valence-corrected chi connectivity index (χ1v) is 6.67. The molecule has 7 heteroatoms. The fourth-order valence-electron chi connectivity index (χ4n) is 1.59. The van der Waals surface area contributed by atoms with Crippen molar-refractivity contribution in [2.75, 3.05) is 13.2 Å². The first kappa shape index (κ1) is 17.3. The number of halogens is 1. The second-order valence-corrected chi connectivity index (χ2v) is 5.47. The number of hydrogen-bond acceptors (Lipinski definition) is 4. The molecule has 0 saturated heterocycles. The van der Waals surface area contributed by atoms with Crippen LogP contribution in [0.25, 0.3) is 0 Å². The zero-order valence-electron chi connectivity index (χ0n) is 11.9. The molecule has 0 radical (unpaired) electrons. The third kappa shape index (κ3) is 6.46. The molecular formula is C14H18ClNO5. The number of nitrogens with one attached hydrogen (secondary N) is 1. The molecular weight excluding hydrogens is 298 g/mol. The fraction of sp³-hybridized carbons (Fsp3) is 0.429. The minimum atomic E-state index is -1.51. The van der Waals surface area contributed by atoms with Crippen LogP contribution < -0.4 is 10.1 Å². The van der Waals surface area contributed by atoms with E-state index in [1.165, 1.54) is 6.92 Å². The van der Waals surface area contributed by atoms with Crippen molar-refractivity contribution < 1.29 is 24.5 Å². The van der Waals surface area contributed by atoms with E-state index in [9.17, 15) is 14.7 Å². The minimum absolute atomic E-state index is 0.178. The van der Waals surface area contributed by atoms with Crippen molar-refractivity contribution in [2.45, 2.75) is 25.9 Å². The van der Waals surface area contributed by atoms with Crippen molar-refractivity contribution in [1.29, 1.82) is 0 Å². The second kappa shape index (κ2) is 7.28. The molecule has 3 N–H and O–H groups in total. The van der Waals surface area contributed by atoms with E-state index in [0.29, 0.717) is 10.8 Å². The van der Waals surface area contributed by atoms with E-state index < -0.39 is 23.9 Å². The predicted molar refractivity (Wildman–Crippen MR) is 77.6 cm³/mol. The van der Waals surface area contributed by atoms with Gasteiger partial charge in [-0.2, -0.15) is 0 Å². The summed E-state index contributed by atoms with van der Waals surface area (Å²) < 4.78 is 5.28. The summed E-state index contributed by atoms with van der Waals surface area (Å²) >= 11 is 5.92. The molecule has 1 amide bonds. The van der Waals surface area contributed by atoms with Crippen LogP contribution in [0, 0.1) is 6.92 Å². The van der Waals surface area contributed by atoms with Gasteiger partial charge in [-0.3, -0.25) is 9.59 Å². The van der Waals surface area contributed by atoms with Crippen LogP contribution in [-0.4, -0.2) is 40.8 Å². The Morgan fingerprint density at radius 3 is 2.71 bits per heavy atom. The predicted octanol–water partition coefficient (Wildman–Crippen LogP) is 1.37. The number of hydrogen-bond donors (Lipinski definition) is 3. The number of aryl methyl sites for hydroxylation is 1. The molecule has 0 aliphatic heterocycles. The average molecular weight is 316 g/mol. The van der Waals surface area contributed by atoms with Gasteiger partial charge in [-0.25, -0.2) is 0 Å². The van der Waals surface area contributed by atoms with Gasteiger partial charge in [-0.05, 0) is 31.5 Å². The zero-order valence-corrected chi connectivity index (χ0v) is 12.6. The topological polar surface area (TPSA) is 95.9 Å². The molecule has 0 aromatic heterocycles. The van der Waals surface area contributed by atoms with Gasteiger partial charge in [0, 0.05) is 6.54 Å². The molecule has 1 aromatic rings. The van der Waals surface area contributed by atoms with E-state index in [0.717, 1.165) is 5.56 Å². The molecule has 1 aromatic carbocycles. The van der Waals surface area contributed by atoms with E-state index in [-0.39, 0.29) is 13.2 Å². The van der Waals surface area contributed by atoms with Crippen LogP contribution in [0.3, 0.4) is 0 Å². The van der Waals surface area contributed by atoms with Crippen molar-refractivity contribution in [3.05, 3.63) is 28.8 Å². The number of benzene rings is 1. The Bertz CT molecular complexity index is 530. The first-order valence-electron chi connectivity index (χ1n) is 6.29. The van der Waals surface area contributed by atoms with Crippen LogP contribution in [0.4, 0.5) is 0 Å². The number of rotatable bonds is 7. The van der Waals surface area contributed by atoms with Gasteiger partial charge >= 0.3 is 5.97 Å². The highest BCUT2D eigenvalue weighted by molar-refractivity contribution is 6.32. The molecule has 0 heterocycles. The maximum absolute atomic E-state index is 11.6. The summed E-state index contributed by atoms with van der Waals surface area (Å²) in [6.07, 6.45) is -0.460. The van der Waals surface area contributed by atoms with Gasteiger partial charge in [0.25, 0.3) is 5.91 Å². The molecule has 6 nitrogen and oxygen atoms in total. The summed E-state index contributed by atoms with van der Waals surface area (Å²) in [5.41, 5.74) is -0.568. The van der Waals surface area contributed by atoms with Crippen molar-refractivity contribution in [3.63, 3.8) is 0 Å². The lowest BCUT2D eigenvalue weighted by molar-refractivity contribution is -0.142. The van der Waals surface area contributed by atoms with Gasteiger partial charge in [0.2, 0.25) is 0 Å². The smallest absolute Gasteiger partial charge is 0.306 e. The molecule has 1 atom stereocenters. The van der Waals surface area contributed by atoms with Crippen molar-refractivity contribution >= 4 is 23.5 Å². The Morgan fingerprint density at radius 1 is 1.43 bits per heavy atom. The molecule has 1 rings (SSSR count). The highest BCUT2D eigenvalue weighted by Gasteiger charge is 2.24. The summed E-state index contributed by atoms with van der Waals surface area (Å²) in [5.74, 6) is -1.22. The van der Waals surface area contributed by atoms with Gasteiger partial charge in [-0.1, -0.05) is 17.7 Å². The third-order valence-corrected chi connectivity index (χ3v) is 2.96. The van der Waals surface area contributed by atoms with Gasteiger partial charge in [0.05, 0.1) is 17.0 Å². The van der Waals surface area contributed by atoms with E-state index >= 15 is 0 Å². The molecule has 21 heavy (non-hydrogen) atoms. The maximum Gasteiger partial charge on any atom is 0.306 e. The van der Waals surface area contributed by atoms with Gasteiger partial charge in [0.1, 0.15) is 5.75 Å². The SMILES string of the molecule is Cc1ccc(Cl)c(OCC(=O)NCC(C)(O)CC(=O)O)c1. The highest BCUT2D eigenvalue weighted by atomic mass is 35.5. The number of carbonyl (C=O) groups excluding carboxylic acids is 1. The van der Waals surface area contributed by atoms with Crippen molar-refractivity contribution in [1.82, 2.24) is 5.32 Å². The van der Waals surface area contributed by atoms with Crippen LogP contribution in [0.1, 0.15) is 18.9 Å². The Balaban J connectivity index is 2.44. The third-order valence-electron chi connectivity index (χ3n) is 2.64. The Morgan fingerprint density at radius 2 is 2.10 bits per heavy atom. The van der Waals surface area contributed by atoms with E-state index in [4.69, 9.17) is 21.4 Å². The number of ether oxygens (including phenoxy) is 1. The van der Waals surface area contributed by atoms with Gasteiger partial charge in [-0.15, -0.1) is 0 Å². The standard InChI is InChI=1S/C14H18ClNO5/c1-9-3-4-10(15)11(5-9)21-7-12(17)16-8-14(2,20)6-13(18)19/h3-5,20H,6-8H2,1-2H3,(H,16,17)(H,18,19). The van der Waals surface area contributed by atoms with Gasteiger partial charge in [0.15, 0.2) is 6.61 Å². The van der Waals surface area contributed by atoms with Crippen molar-refractivity contribution in [3.8, 4) is 5.75 Å². The van der Waals surface area contributed by atoms with Crippen LogP contribution in [0.15, 0.2) is 18.2 Å². The van der Waals surface area contributed by atoms with E-state index in [1.807, 2.05) is 13.0 Å². The zero-order chi connectivity index (χ0) is 16.0. The molecule has 1 unspecified atom stereocenters. The van der Waals surface area contributed by atoms with E-state index in [2.05, 4.69) is 5.32 Å². The molecule has 116 valence electrons. The average Bonchev–Trinajstić information content (AvgIpc) is 2.36. The van der Waals surface area contributed by atoms with Crippen LogP contribution in [0.5, 0.6) is 5.75 Å². The quantitative estimate of drug-likeness (QED) is 0.706. The summed E-state index contributed by atoms with van der Waals surface area (Å²) in [5, 5.41) is 21.2. The summed E-state index contributed by atoms with van der Waals surface area (Å²) in [4.78, 5) is 22.1. The summed E-state index contributed by atoms with van der Waals surface area (Å²) in [7, 11) is 0. The molecule has 0 aliphatic rings. The largest absolute Gasteiger partial charge is 0.482 e. The summed E-state index contributed by atoms with van der Waals surface area (Å²) in [6.45, 7) is 2.75. The molecule has 0 aliphatic carbocycles. The lowest BCUT2D eigenvalue weighted by atomic mass is 10.0. The van der Waals surface area contributed by atoms with E-state index in [1.54, 1.807) is 12.1 Å². The molecule has 0 spiro atoms. The fourth-order valence-corrected chi connectivity index (χ4v) is 1.76. The number of carboxylic acid groups (broad SMARTS) is 1. The first-order chi connectivity index (χ1) is 9.69. The number of carbonyl (C=O) groups is 2. The lowest BCUT2D eigenvalue weighted by Crippen LogP contribution is -2.43. The lowest BCUT2D eigenvalue weighted by Gasteiger charge is -2.21. The van der Waals surface area contributed by atoms with Crippen molar-refractivity contribution in [2.24, 2.45) is 0 Å². The Hall–Kier alpha value is -1.79. The second-order valence-electron chi connectivity index (χ2n) is 5.07. The van der Waals surface area contributed by atoms with Gasteiger partial charge < -0.3 is 20.3 Å². The molecule has 0 bridgehead atoms. The van der Waals surface area contributed by atoms with Crippen LogP contribution >= 0.6 is 11.6 Å². The highest BCUT2D eigenvalue weighted by Crippen LogP contribution is 2.25. The number of aliphatic carboxylic acids is 1. The monoisotopic (exact) mass is 315 g/mol.